The van der Waals surface area contributed by atoms with E-state index in [0.717, 1.165) is 28.0 Å². The summed E-state index contributed by atoms with van der Waals surface area (Å²) in [6, 6.07) is 7.56. The van der Waals surface area contributed by atoms with Crippen molar-refractivity contribution in [2.75, 3.05) is 17.6 Å². The maximum Gasteiger partial charge on any atom is 0.239 e. The molecular formula is C17H21N3O3S. The molecule has 0 spiro atoms. The molecule has 0 aliphatic heterocycles. The predicted molar refractivity (Wildman–Crippen MR) is 94.9 cm³/mol. The minimum absolute atomic E-state index is 0.0518. The smallest absolute Gasteiger partial charge is 0.239 e. The number of hydrogen-bond donors (Lipinski definition) is 0. The molecule has 0 unspecified atom stereocenters. The molecule has 0 fully saturated rings. The summed E-state index contributed by atoms with van der Waals surface area (Å²) < 4.78 is 24.7. The fraction of sp³-hybridized carbons (Fsp3) is 0.353. The second kappa shape index (κ2) is 6.68. The lowest BCUT2D eigenvalue weighted by Crippen LogP contribution is -2.27. The molecule has 6 nitrogen and oxygen atoms in total. The van der Waals surface area contributed by atoms with Crippen LogP contribution in [0.1, 0.15) is 41.4 Å². The largest absolute Gasteiger partial charge is 0.298 e. The van der Waals surface area contributed by atoms with Gasteiger partial charge < -0.3 is 0 Å². The number of aryl methyl sites for hydroxylation is 1. The third-order valence-electron chi connectivity index (χ3n) is 3.73. The summed E-state index contributed by atoms with van der Waals surface area (Å²) in [4.78, 5) is 20.3. The number of nitrogens with zero attached hydrogens (tertiary/aromatic N) is 3. The lowest BCUT2D eigenvalue weighted by atomic mass is 9.99. The monoisotopic (exact) mass is 347 g/mol. The van der Waals surface area contributed by atoms with Crippen molar-refractivity contribution in [3.05, 3.63) is 41.1 Å². The van der Waals surface area contributed by atoms with Crippen LogP contribution in [-0.2, 0) is 10.0 Å². The highest BCUT2D eigenvalue weighted by Gasteiger charge is 2.22. The van der Waals surface area contributed by atoms with E-state index in [2.05, 4.69) is 9.97 Å². The molecule has 0 radical (unpaired) electrons. The first-order chi connectivity index (χ1) is 11.1. The van der Waals surface area contributed by atoms with Crippen LogP contribution in [0.25, 0.3) is 11.3 Å². The highest BCUT2D eigenvalue weighted by atomic mass is 32.2. The van der Waals surface area contributed by atoms with Gasteiger partial charge in [0.25, 0.3) is 0 Å². The summed E-state index contributed by atoms with van der Waals surface area (Å²) >= 11 is 0. The van der Waals surface area contributed by atoms with Crippen molar-refractivity contribution in [3.63, 3.8) is 0 Å². The Labute approximate surface area is 142 Å². The van der Waals surface area contributed by atoms with E-state index in [1.165, 1.54) is 7.05 Å². The van der Waals surface area contributed by atoms with Gasteiger partial charge in [0, 0.05) is 12.6 Å². The van der Waals surface area contributed by atoms with Gasteiger partial charge in [-0.1, -0.05) is 43.7 Å². The third-order valence-corrected chi connectivity index (χ3v) is 4.89. The summed E-state index contributed by atoms with van der Waals surface area (Å²) in [5.74, 6) is 0.00600. The fourth-order valence-corrected chi connectivity index (χ4v) is 2.63. The van der Waals surface area contributed by atoms with Gasteiger partial charge >= 0.3 is 0 Å². The van der Waals surface area contributed by atoms with Gasteiger partial charge in [0.15, 0.2) is 6.29 Å². The lowest BCUT2D eigenvalue weighted by molar-refractivity contribution is 0.112. The normalized spacial score (nSPS) is 11.6. The molecular weight excluding hydrogens is 326 g/mol. The molecule has 2 aromatic rings. The molecule has 0 aliphatic rings. The molecule has 1 aromatic heterocycles. The second-order valence-corrected chi connectivity index (χ2v) is 8.05. The predicted octanol–water partition coefficient (Wildman–Crippen LogP) is 2.78. The Balaban J connectivity index is 2.78. The third kappa shape index (κ3) is 3.62. The van der Waals surface area contributed by atoms with E-state index < -0.39 is 10.0 Å². The average molecular weight is 347 g/mol. The molecule has 1 aromatic carbocycles. The number of anilines is 1. The van der Waals surface area contributed by atoms with Crippen molar-refractivity contribution >= 4 is 22.3 Å². The number of sulfonamides is 1. The molecule has 0 N–H and O–H groups in total. The first kappa shape index (κ1) is 18.1. The van der Waals surface area contributed by atoms with Gasteiger partial charge in [-0.05, 0) is 12.8 Å². The maximum atomic E-state index is 11.8. The summed E-state index contributed by atoms with van der Waals surface area (Å²) in [7, 11) is -2.11. The standard InChI is InChI=1S/C17H21N3O3S/c1-11(2)15-14(10-21)16(13-8-6-12(3)7-9-13)19-17(18-15)20(4)24(5,22)23/h6-11H,1-5H3. The molecule has 1 heterocycles. The number of aldehydes is 1. The van der Waals surface area contributed by atoms with E-state index >= 15 is 0 Å². The molecule has 0 aliphatic carbocycles. The molecule has 128 valence electrons. The Hall–Kier alpha value is -2.28. The van der Waals surface area contributed by atoms with Gasteiger partial charge in [-0.25, -0.2) is 22.7 Å². The molecule has 24 heavy (non-hydrogen) atoms. The average Bonchev–Trinajstić information content (AvgIpc) is 2.52. The molecule has 7 heteroatoms. The van der Waals surface area contributed by atoms with Crippen LogP contribution in [-0.4, -0.2) is 38.0 Å². The Morgan fingerprint density at radius 1 is 1.12 bits per heavy atom. The van der Waals surface area contributed by atoms with Crippen molar-refractivity contribution in [3.8, 4) is 11.3 Å². The van der Waals surface area contributed by atoms with Gasteiger partial charge in [0.05, 0.1) is 23.2 Å². The SMILES string of the molecule is Cc1ccc(-c2nc(N(C)S(C)(=O)=O)nc(C(C)C)c2C=O)cc1. The summed E-state index contributed by atoms with van der Waals surface area (Å²) in [6.07, 6.45) is 1.82. The second-order valence-electron chi connectivity index (χ2n) is 6.04. The van der Waals surface area contributed by atoms with Gasteiger partial charge in [-0.2, -0.15) is 0 Å². The molecule has 0 atom stereocenters. The van der Waals surface area contributed by atoms with Crippen molar-refractivity contribution < 1.29 is 13.2 Å². The zero-order valence-corrected chi connectivity index (χ0v) is 15.3. The zero-order valence-electron chi connectivity index (χ0n) is 14.4. The number of aromatic nitrogens is 2. The zero-order chi connectivity index (χ0) is 18.1. The Morgan fingerprint density at radius 3 is 2.17 bits per heavy atom. The minimum Gasteiger partial charge on any atom is -0.298 e. The van der Waals surface area contributed by atoms with E-state index in [1.54, 1.807) is 0 Å². The van der Waals surface area contributed by atoms with Crippen LogP contribution in [0.15, 0.2) is 24.3 Å². The van der Waals surface area contributed by atoms with Crippen LogP contribution in [0.2, 0.25) is 0 Å². The fourth-order valence-electron chi connectivity index (χ4n) is 2.25. The van der Waals surface area contributed by atoms with E-state index in [9.17, 15) is 13.2 Å². The topological polar surface area (TPSA) is 80.2 Å². The molecule has 2 rings (SSSR count). The van der Waals surface area contributed by atoms with Crippen molar-refractivity contribution in [2.24, 2.45) is 0 Å². The molecule has 0 amide bonds. The van der Waals surface area contributed by atoms with E-state index in [4.69, 9.17) is 0 Å². The van der Waals surface area contributed by atoms with Crippen molar-refractivity contribution in [1.82, 2.24) is 9.97 Å². The Bertz CT molecular complexity index is 859. The van der Waals surface area contributed by atoms with Crippen LogP contribution >= 0.6 is 0 Å². The van der Waals surface area contributed by atoms with E-state index in [-0.39, 0.29) is 11.9 Å². The number of carbonyl (C=O) groups excluding carboxylic acids is 1. The van der Waals surface area contributed by atoms with Gasteiger partial charge in [-0.15, -0.1) is 0 Å². The van der Waals surface area contributed by atoms with Crippen LogP contribution in [0.3, 0.4) is 0 Å². The van der Waals surface area contributed by atoms with Crippen LogP contribution < -0.4 is 4.31 Å². The van der Waals surface area contributed by atoms with Crippen LogP contribution in [0.5, 0.6) is 0 Å². The summed E-state index contributed by atoms with van der Waals surface area (Å²) in [5, 5.41) is 0. The quantitative estimate of drug-likeness (QED) is 0.777. The van der Waals surface area contributed by atoms with Crippen molar-refractivity contribution in [1.29, 1.82) is 0 Å². The first-order valence-electron chi connectivity index (χ1n) is 7.53. The highest BCUT2D eigenvalue weighted by molar-refractivity contribution is 7.92. The molecule has 0 bridgehead atoms. The van der Waals surface area contributed by atoms with Gasteiger partial charge in [0.2, 0.25) is 16.0 Å². The highest BCUT2D eigenvalue weighted by Crippen LogP contribution is 2.29. The van der Waals surface area contributed by atoms with Gasteiger partial charge in [-0.3, -0.25) is 4.79 Å². The number of hydrogen-bond acceptors (Lipinski definition) is 5. The molecule has 0 saturated carbocycles. The van der Waals surface area contributed by atoms with Crippen LogP contribution in [0.4, 0.5) is 5.95 Å². The maximum absolute atomic E-state index is 11.8. The Morgan fingerprint density at radius 2 is 1.71 bits per heavy atom. The Kier molecular flexibility index (Phi) is 5.03. The summed E-state index contributed by atoms with van der Waals surface area (Å²) in [5.41, 5.74) is 3.18. The lowest BCUT2D eigenvalue weighted by Gasteiger charge is -2.19. The van der Waals surface area contributed by atoms with Gasteiger partial charge in [0.1, 0.15) is 0 Å². The van der Waals surface area contributed by atoms with E-state index in [1.807, 2.05) is 45.0 Å². The van der Waals surface area contributed by atoms with Crippen molar-refractivity contribution in [2.45, 2.75) is 26.7 Å². The number of carbonyl (C=O) groups is 1. The molecule has 0 saturated heterocycles. The number of rotatable bonds is 5. The van der Waals surface area contributed by atoms with E-state index in [0.29, 0.717) is 17.0 Å². The van der Waals surface area contributed by atoms with Crippen LogP contribution in [0, 0.1) is 6.92 Å². The minimum atomic E-state index is -3.50. The first-order valence-corrected chi connectivity index (χ1v) is 9.38. The summed E-state index contributed by atoms with van der Waals surface area (Å²) in [6.45, 7) is 5.77. The number of benzene rings is 1.